The maximum absolute atomic E-state index is 13.3. The highest BCUT2D eigenvalue weighted by molar-refractivity contribution is 6.34. The summed E-state index contributed by atoms with van der Waals surface area (Å²) in [6, 6.07) is 6.18. The summed E-state index contributed by atoms with van der Waals surface area (Å²) in [6.45, 7) is 6.30. The molecule has 5 fully saturated rings. The number of amides is 1. The minimum absolute atomic E-state index is 0.0102. The van der Waals surface area contributed by atoms with E-state index in [2.05, 4.69) is 61.5 Å². The van der Waals surface area contributed by atoms with E-state index in [0.717, 1.165) is 84.1 Å². The number of aromatic nitrogens is 4. The predicted octanol–water partition coefficient (Wildman–Crippen LogP) is 7.88. The maximum Gasteiger partial charge on any atom is 0.267 e. The van der Waals surface area contributed by atoms with E-state index >= 15 is 0 Å². The number of halogens is 1. The zero-order valence-electron chi connectivity index (χ0n) is 26.9. The van der Waals surface area contributed by atoms with Gasteiger partial charge in [0.1, 0.15) is 16.3 Å². The molecule has 9 rings (SSSR count). The summed E-state index contributed by atoms with van der Waals surface area (Å²) in [5, 5.41) is 12.4. The van der Waals surface area contributed by atoms with Crippen LogP contribution < -0.4 is 10.1 Å². The van der Waals surface area contributed by atoms with Crippen LogP contribution in [-0.2, 0) is 16.6 Å². The Balaban J connectivity index is 0.927. The number of carbonyl (C=O) groups is 1. The van der Waals surface area contributed by atoms with Crippen LogP contribution in [-0.4, -0.2) is 36.9 Å². The first-order chi connectivity index (χ1) is 21.7. The fourth-order valence-electron chi connectivity index (χ4n) is 10.0. The Morgan fingerprint density at radius 3 is 2.44 bits per heavy atom. The topological polar surface area (TPSA) is 84.3 Å². The first-order valence-corrected chi connectivity index (χ1v) is 17.7. The van der Waals surface area contributed by atoms with E-state index in [-0.39, 0.29) is 11.3 Å². The number of β-lactam (4-membered cyclic amide) rings is 1. The number of unbranched alkanes of at least 4 members (excludes halogenated alkanes) is 1. The molecule has 3 heterocycles. The number of allylic oxidation sites excluding steroid dienone is 2. The average Bonchev–Trinajstić information content (AvgIpc) is 3.55. The minimum atomic E-state index is -0.892. The quantitative estimate of drug-likeness (QED) is 0.224. The third kappa shape index (κ3) is 4.70. The largest absolute Gasteiger partial charge is 0.474 e. The number of H-pyrrole nitrogens is 1. The average molecular weight is 628 g/mol. The number of hydrogen-bond donors (Lipinski definition) is 2. The van der Waals surface area contributed by atoms with Gasteiger partial charge >= 0.3 is 0 Å². The van der Waals surface area contributed by atoms with Crippen molar-refractivity contribution in [2.75, 3.05) is 0 Å². The number of aryl methyl sites for hydroxylation is 3. The number of rotatable bonds is 10. The van der Waals surface area contributed by atoms with Crippen molar-refractivity contribution in [3.63, 3.8) is 0 Å². The van der Waals surface area contributed by atoms with Crippen molar-refractivity contribution in [3.8, 4) is 5.75 Å². The zero-order chi connectivity index (χ0) is 31.0. The van der Waals surface area contributed by atoms with Gasteiger partial charge in [0.2, 0.25) is 5.60 Å². The molecule has 238 valence electrons. The van der Waals surface area contributed by atoms with E-state index in [9.17, 15) is 4.79 Å². The van der Waals surface area contributed by atoms with Crippen LogP contribution in [0.5, 0.6) is 5.75 Å². The van der Waals surface area contributed by atoms with Crippen LogP contribution in [0.3, 0.4) is 0 Å². The highest BCUT2D eigenvalue weighted by Gasteiger charge is 2.66. The molecule has 3 aromatic rings. The molecule has 1 aromatic carbocycles. The SMILES string of the molecule is CCCCC1(Oc2ccc(C)cc2C)C(=O)NC12C=CC(CCCc1nc3c(Cl)c(C45CC6CC(CC(C6)C4)C5)[nH]n3n1)=CC2. The van der Waals surface area contributed by atoms with Gasteiger partial charge in [-0.1, -0.05) is 66.4 Å². The normalized spacial score (nSPS) is 33.1. The smallest absolute Gasteiger partial charge is 0.267 e. The molecular formula is C37H46ClN5O2. The van der Waals surface area contributed by atoms with Crippen LogP contribution in [0.15, 0.2) is 42.0 Å². The monoisotopic (exact) mass is 627 g/mol. The van der Waals surface area contributed by atoms with E-state index in [1.54, 1.807) is 0 Å². The van der Waals surface area contributed by atoms with Gasteiger partial charge in [-0.15, -0.1) is 5.10 Å². The molecule has 2 N–H and O–H groups in total. The van der Waals surface area contributed by atoms with Crippen molar-refractivity contribution in [3.05, 3.63) is 69.7 Å². The van der Waals surface area contributed by atoms with Gasteiger partial charge in [0.15, 0.2) is 11.5 Å². The zero-order valence-corrected chi connectivity index (χ0v) is 27.7. The van der Waals surface area contributed by atoms with Crippen molar-refractivity contribution < 1.29 is 9.53 Å². The lowest BCUT2D eigenvalue weighted by atomic mass is 9.49. The number of nitrogens with one attached hydrogen (secondary N) is 2. The van der Waals surface area contributed by atoms with Gasteiger partial charge in [-0.3, -0.25) is 9.89 Å². The Morgan fingerprint density at radius 1 is 1.07 bits per heavy atom. The van der Waals surface area contributed by atoms with E-state index in [1.165, 1.54) is 55.4 Å². The van der Waals surface area contributed by atoms with Crippen LogP contribution in [0.1, 0.15) is 107 Å². The molecule has 5 aliphatic carbocycles. The summed E-state index contributed by atoms with van der Waals surface area (Å²) in [6.07, 6.45) is 20.7. The molecule has 4 bridgehead atoms. The Hall–Kier alpha value is -3.06. The van der Waals surface area contributed by atoms with Crippen molar-refractivity contribution >= 4 is 23.2 Å². The van der Waals surface area contributed by atoms with Crippen LogP contribution >= 0.6 is 11.6 Å². The van der Waals surface area contributed by atoms with Gasteiger partial charge in [0.25, 0.3) is 5.91 Å². The van der Waals surface area contributed by atoms with Crippen molar-refractivity contribution in [1.82, 2.24) is 25.1 Å². The van der Waals surface area contributed by atoms with Crippen LogP contribution in [0.25, 0.3) is 5.65 Å². The summed E-state index contributed by atoms with van der Waals surface area (Å²) in [7, 11) is 0. The fourth-order valence-corrected chi connectivity index (χ4v) is 10.4. The summed E-state index contributed by atoms with van der Waals surface area (Å²) < 4.78 is 8.52. The number of ether oxygens (including phenoxy) is 1. The fraction of sp³-hybridized carbons (Fsp3) is 0.595. The highest BCUT2D eigenvalue weighted by atomic mass is 35.5. The number of aromatic amines is 1. The van der Waals surface area contributed by atoms with Gasteiger partial charge in [0, 0.05) is 11.8 Å². The minimum Gasteiger partial charge on any atom is -0.474 e. The van der Waals surface area contributed by atoms with E-state index in [4.69, 9.17) is 26.4 Å². The standard InChI is InChI=1S/C37H46ClN5O2/c1-4-5-13-37(45-29-10-9-23(2)16-24(29)3)34(44)40-36(37)14-11-25(12-15-36)7-6-8-30-39-33-31(38)32(42-43(33)41-30)35-20-26-17-27(21-35)19-28(18-26)22-35/h9-12,14,16,26-28,42H,4-8,13,15,17-22H2,1-3H3,(H,40,44). The number of carbonyl (C=O) groups excluding carboxylic acids is 1. The molecule has 2 aromatic heterocycles. The second kappa shape index (κ2) is 10.8. The molecule has 45 heavy (non-hydrogen) atoms. The second-order valence-electron chi connectivity index (χ2n) is 15.2. The highest BCUT2D eigenvalue weighted by Crippen LogP contribution is 2.61. The second-order valence-corrected chi connectivity index (χ2v) is 15.5. The molecule has 0 radical (unpaired) electrons. The maximum atomic E-state index is 13.3. The molecule has 4 saturated carbocycles. The number of hydrogen-bond acceptors (Lipinski definition) is 4. The van der Waals surface area contributed by atoms with Gasteiger partial charge < -0.3 is 10.1 Å². The third-order valence-corrected chi connectivity index (χ3v) is 12.3. The molecule has 1 saturated heterocycles. The van der Waals surface area contributed by atoms with E-state index < -0.39 is 11.1 Å². The van der Waals surface area contributed by atoms with Crippen molar-refractivity contribution in [1.29, 1.82) is 0 Å². The van der Waals surface area contributed by atoms with Gasteiger partial charge in [0.05, 0.1) is 5.69 Å². The summed E-state index contributed by atoms with van der Waals surface area (Å²) in [5.74, 6) is 4.21. The molecule has 1 aliphatic heterocycles. The van der Waals surface area contributed by atoms with Gasteiger partial charge in [-0.25, -0.2) is 4.98 Å². The molecule has 7 nitrogen and oxygen atoms in total. The van der Waals surface area contributed by atoms with Crippen LogP contribution in [0, 0.1) is 31.6 Å². The first kappa shape index (κ1) is 29.3. The molecular weight excluding hydrogens is 582 g/mol. The lowest BCUT2D eigenvalue weighted by Gasteiger charge is -2.57. The number of benzene rings is 1. The molecule has 2 unspecified atom stereocenters. The predicted molar refractivity (Wildman–Crippen MR) is 177 cm³/mol. The Bertz CT molecular complexity index is 1680. The Morgan fingerprint density at radius 2 is 1.82 bits per heavy atom. The summed E-state index contributed by atoms with van der Waals surface area (Å²) in [5.41, 5.74) is 4.29. The van der Waals surface area contributed by atoms with Gasteiger partial charge in [-0.05, 0) is 114 Å². The van der Waals surface area contributed by atoms with Crippen LogP contribution in [0.2, 0.25) is 5.02 Å². The number of fused-ring (bicyclic) bond motifs is 1. The van der Waals surface area contributed by atoms with E-state index in [0.29, 0.717) is 6.42 Å². The van der Waals surface area contributed by atoms with E-state index in [1.807, 2.05) is 10.7 Å². The Labute approximate surface area is 271 Å². The first-order valence-electron chi connectivity index (χ1n) is 17.3. The molecule has 2 atom stereocenters. The molecule has 6 aliphatic rings. The molecule has 8 heteroatoms. The number of nitrogens with zero attached hydrogens (tertiary/aromatic N) is 3. The summed E-state index contributed by atoms with van der Waals surface area (Å²) in [4.78, 5) is 18.1. The molecule has 1 amide bonds. The van der Waals surface area contributed by atoms with Crippen molar-refractivity contribution in [2.24, 2.45) is 17.8 Å². The molecule has 1 spiro atoms. The lowest BCUT2D eigenvalue weighted by molar-refractivity contribution is -0.166. The lowest BCUT2D eigenvalue weighted by Crippen LogP contribution is -2.83. The third-order valence-electron chi connectivity index (χ3n) is 11.9. The van der Waals surface area contributed by atoms with Crippen LogP contribution in [0.4, 0.5) is 0 Å². The summed E-state index contributed by atoms with van der Waals surface area (Å²) >= 11 is 7.03. The van der Waals surface area contributed by atoms with Crippen molar-refractivity contribution in [2.45, 2.75) is 121 Å². The van der Waals surface area contributed by atoms with Gasteiger partial charge in [-0.2, -0.15) is 4.63 Å². The Kier molecular flexibility index (Phi) is 7.01.